The SMILES string of the molecule is CCc1cc(CC)n(C(c2ccc(Br)cc2)C(N)CC)n1. The minimum absolute atomic E-state index is 0.0566. The minimum Gasteiger partial charge on any atom is -0.326 e. The molecule has 4 heteroatoms. The molecule has 1 aromatic carbocycles. The van der Waals surface area contributed by atoms with Gasteiger partial charge in [-0.25, -0.2) is 0 Å². The van der Waals surface area contributed by atoms with Crippen LogP contribution in [-0.4, -0.2) is 15.8 Å². The van der Waals surface area contributed by atoms with E-state index in [9.17, 15) is 0 Å². The Kier molecular flexibility index (Phi) is 5.59. The Hall–Kier alpha value is -1.13. The average molecular weight is 350 g/mol. The third-order valence-electron chi connectivity index (χ3n) is 3.94. The van der Waals surface area contributed by atoms with E-state index in [0.29, 0.717) is 0 Å². The summed E-state index contributed by atoms with van der Waals surface area (Å²) in [5, 5.41) is 4.79. The van der Waals surface area contributed by atoms with Gasteiger partial charge in [0.05, 0.1) is 11.7 Å². The Morgan fingerprint density at radius 3 is 2.33 bits per heavy atom. The molecule has 1 heterocycles. The second-order valence-corrected chi connectivity index (χ2v) is 6.26. The van der Waals surface area contributed by atoms with Crippen molar-refractivity contribution in [2.24, 2.45) is 5.73 Å². The summed E-state index contributed by atoms with van der Waals surface area (Å²) in [6.07, 6.45) is 2.84. The van der Waals surface area contributed by atoms with Crippen molar-refractivity contribution in [1.29, 1.82) is 0 Å². The molecule has 0 saturated carbocycles. The Labute approximate surface area is 135 Å². The molecule has 0 amide bonds. The fraction of sp³-hybridized carbons (Fsp3) is 0.471. The lowest BCUT2D eigenvalue weighted by atomic mass is 9.98. The summed E-state index contributed by atoms with van der Waals surface area (Å²) in [4.78, 5) is 0. The second kappa shape index (κ2) is 7.23. The highest BCUT2D eigenvalue weighted by atomic mass is 79.9. The smallest absolute Gasteiger partial charge is 0.0922 e. The lowest BCUT2D eigenvalue weighted by Crippen LogP contribution is -2.34. The van der Waals surface area contributed by atoms with E-state index in [1.165, 1.54) is 11.3 Å². The molecular formula is C17H24BrN3. The van der Waals surface area contributed by atoms with Gasteiger partial charge in [-0.3, -0.25) is 4.68 Å². The van der Waals surface area contributed by atoms with E-state index >= 15 is 0 Å². The van der Waals surface area contributed by atoms with Gasteiger partial charge in [0.25, 0.3) is 0 Å². The van der Waals surface area contributed by atoms with Gasteiger partial charge in [-0.15, -0.1) is 0 Å². The van der Waals surface area contributed by atoms with Crippen molar-refractivity contribution in [3.05, 3.63) is 51.8 Å². The Morgan fingerprint density at radius 1 is 1.14 bits per heavy atom. The molecule has 0 bridgehead atoms. The van der Waals surface area contributed by atoms with Crippen LogP contribution in [0.2, 0.25) is 0 Å². The van der Waals surface area contributed by atoms with Crippen LogP contribution in [-0.2, 0) is 12.8 Å². The van der Waals surface area contributed by atoms with Crippen molar-refractivity contribution in [3.8, 4) is 0 Å². The van der Waals surface area contributed by atoms with E-state index in [1.807, 2.05) is 0 Å². The molecule has 0 aliphatic rings. The normalized spacial score (nSPS) is 14.1. The second-order valence-electron chi connectivity index (χ2n) is 5.35. The first kappa shape index (κ1) is 16.2. The van der Waals surface area contributed by atoms with Gasteiger partial charge in [-0.1, -0.05) is 48.8 Å². The first-order valence-electron chi connectivity index (χ1n) is 7.69. The summed E-state index contributed by atoms with van der Waals surface area (Å²) in [7, 11) is 0. The predicted octanol–water partition coefficient (Wildman–Crippen LogP) is 4.10. The fourth-order valence-corrected chi connectivity index (χ4v) is 2.88. The Balaban J connectivity index is 2.49. The molecule has 0 spiro atoms. The van der Waals surface area contributed by atoms with Crippen LogP contribution in [0.4, 0.5) is 0 Å². The molecule has 21 heavy (non-hydrogen) atoms. The molecule has 0 fully saturated rings. The van der Waals surface area contributed by atoms with Crippen LogP contribution in [0.3, 0.4) is 0 Å². The molecule has 0 radical (unpaired) electrons. The number of hydrogen-bond donors (Lipinski definition) is 1. The number of rotatable bonds is 6. The van der Waals surface area contributed by atoms with Gasteiger partial charge in [0.2, 0.25) is 0 Å². The molecule has 2 N–H and O–H groups in total. The number of aromatic nitrogens is 2. The van der Waals surface area contributed by atoms with E-state index in [0.717, 1.165) is 29.4 Å². The quantitative estimate of drug-likeness (QED) is 0.853. The number of nitrogens with two attached hydrogens (primary N) is 1. The van der Waals surface area contributed by atoms with Gasteiger partial charge in [-0.05, 0) is 43.0 Å². The number of hydrogen-bond acceptors (Lipinski definition) is 2. The lowest BCUT2D eigenvalue weighted by Gasteiger charge is -2.26. The summed E-state index contributed by atoms with van der Waals surface area (Å²) in [5.41, 5.74) is 10.0. The number of nitrogens with zero attached hydrogens (tertiary/aromatic N) is 2. The lowest BCUT2D eigenvalue weighted by molar-refractivity contribution is 0.411. The highest BCUT2D eigenvalue weighted by molar-refractivity contribution is 9.10. The van der Waals surface area contributed by atoms with Gasteiger partial charge in [0.1, 0.15) is 0 Å². The van der Waals surface area contributed by atoms with Crippen molar-refractivity contribution in [2.75, 3.05) is 0 Å². The minimum atomic E-state index is 0.0566. The molecule has 114 valence electrons. The first-order chi connectivity index (χ1) is 10.1. The summed E-state index contributed by atoms with van der Waals surface area (Å²) in [6.45, 7) is 6.44. The fourth-order valence-electron chi connectivity index (χ4n) is 2.62. The summed E-state index contributed by atoms with van der Waals surface area (Å²) >= 11 is 3.49. The van der Waals surface area contributed by atoms with Gasteiger partial charge < -0.3 is 5.73 Å². The van der Waals surface area contributed by atoms with E-state index in [1.54, 1.807) is 0 Å². The maximum Gasteiger partial charge on any atom is 0.0922 e. The Morgan fingerprint density at radius 2 is 1.81 bits per heavy atom. The zero-order valence-corrected chi connectivity index (χ0v) is 14.6. The molecule has 0 saturated heterocycles. The van der Waals surface area contributed by atoms with Crippen LogP contribution in [0.15, 0.2) is 34.8 Å². The van der Waals surface area contributed by atoms with E-state index in [-0.39, 0.29) is 12.1 Å². The van der Waals surface area contributed by atoms with Crippen molar-refractivity contribution in [3.63, 3.8) is 0 Å². The van der Waals surface area contributed by atoms with Crippen molar-refractivity contribution >= 4 is 15.9 Å². The first-order valence-corrected chi connectivity index (χ1v) is 8.48. The summed E-state index contributed by atoms with van der Waals surface area (Å²) in [6, 6.07) is 10.8. The van der Waals surface area contributed by atoms with Crippen LogP contribution < -0.4 is 5.73 Å². The van der Waals surface area contributed by atoms with Crippen LogP contribution in [0.1, 0.15) is 50.2 Å². The van der Waals surface area contributed by atoms with Crippen molar-refractivity contribution in [2.45, 2.75) is 52.1 Å². The van der Waals surface area contributed by atoms with Crippen molar-refractivity contribution < 1.29 is 0 Å². The Bertz CT molecular complexity index is 574. The van der Waals surface area contributed by atoms with Gasteiger partial charge in [-0.2, -0.15) is 5.10 Å². The predicted molar refractivity (Wildman–Crippen MR) is 91.5 cm³/mol. The maximum absolute atomic E-state index is 6.42. The molecule has 2 atom stereocenters. The third-order valence-corrected chi connectivity index (χ3v) is 4.47. The highest BCUT2D eigenvalue weighted by Gasteiger charge is 2.23. The van der Waals surface area contributed by atoms with Crippen LogP contribution in [0, 0.1) is 0 Å². The standard InChI is InChI=1S/C17H24BrN3/c1-4-14-11-15(5-2)21(20-14)17(16(19)6-3)12-7-9-13(18)10-8-12/h7-11,16-17H,4-6,19H2,1-3H3. The molecule has 2 unspecified atom stereocenters. The van der Waals surface area contributed by atoms with Gasteiger partial charge >= 0.3 is 0 Å². The van der Waals surface area contributed by atoms with E-state index < -0.39 is 0 Å². The molecule has 0 aliphatic carbocycles. The van der Waals surface area contributed by atoms with Crippen molar-refractivity contribution in [1.82, 2.24) is 9.78 Å². The molecule has 0 aliphatic heterocycles. The molecule has 1 aromatic heterocycles. The highest BCUT2D eigenvalue weighted by Crippen LogP contribution is 2.26. The van der Waals surface area contributed by atoms with Crippen LogP contribution in [0.5, 0.6) is 0 Å². The van der Waals surface area contributed by atoms with E-state index in [4.69, 9.17) is 10.8 Å². The third kappa shape index (κ3) is 3.55. The summed E-state index contributed by atoms with van der Waals surface area (Å²) in [5.74, 6) is 0. The topological polar surface area (TPSA) is 43.8 Å². The molecular weight excluding hydrogens is 326 g/mol. The largest absolute Gasteiger partial charge is 0.326 e. The summed E-state index contributed by atoms with van der Waals surface area (Å²) < 4.78 is 3.22. The van der Waals surface area contributed by atoms with Gasteiger partial charge in [0, 0.05) is 16.2 Å². The monoisotopic (exact) mass is 349 g/mol. The zero-order chi connectivity index (χ0) is 15.4. The van der Waals surface area contributed by atoms with Gasteiger partial charge in [0.15, 0.2) is 0 Å². The zero-order valence-electron chi connectivity index (χ0n) is 13.0. The number of benzene rings is 1. The molecule has 3 nitrogen and oxygen atoms in total. The van der Waals surface area contributed by atoms with Crippen LogP contribution >= 0.6 is 15.9 Å². The average Bonchev–Trinajstić information content (AvgIpc) is 2.92. The maximum atomic E-state index is 6.42. The number of halogens is 1. The molecule has 2 rings (SSSR count). The van der Waals surface area contributed by atoms with E-state index in [2.05, 4.69) is 71.7 Å². The number of aryl methyl sites for hydroxylation is 2. The van der Waals surface area contributed by atoms with Crippen LogP contribution in [0.25, 0.3) is 0 Å². The molecule has 2 aromatic rings.